The third-order valence-corrected chi connectivity index (χ3v) is 3.03. The summed E-state index contributed by atoms with van der Waals surface area (Å²) in [5.41, 5.74) is 1.16. The number of hydrogen-bond acceptors (Lipinski definition) is 2. The van der Waals surface area contributed by atoms with Crippen molar-refractivity contribution in [1.82, 2.24) is 10.6 Å². The number of aliphatic hydroxyl groups excluding tert-OH is 1. The fraction of sp³-hybridized carbons (Fsp3) is 0.417. The van der Waals surface area contributed by atoms with Crippen LogP contribution in [0, 0.1) is 0 Å². The molecular formula is C12H17BrN2O2. The van der Waals surface area contributed by atoms with Gasteiger partial charge in [-0.25, -0.2) is 4.79 Å². The molecule has 0 fully saturated rings. The lowest BCUT2D eigenvalue weighted by Gasteiger charge is -2.15. The van der Waals surface area contributed by atoms with E-state index in [1.165, 1.54) is 0 Å². The van der Waals surface area contributed by atoms with Gasteiger partial charge in [-0.15, -0.1) is 0 Å². The largest absolute Gasteiger partial charge is 0.395 e. The molecular weight excluding hydrogens is 284 g/mol. The minimum Gasteiger partial charge on any atom is -0.395 e. The van der Waals surface area contributed by atoms with E-state index in [1.54, 1.807) is 0 Å². The van der Waals surface area contributed by atoms with Crippen molar-refractivity contribution in [1.29, 1.82) is 0 Å². The highest BCUT2D eigenvalue weighted by atomic mass is 79.9. The van der Waals surface area contributed by atoms with Crippen LogP contribution in [0.25, 0.3) is 0 Å². The number of hydrogen-bond donors (Lipinski definition) is 3. The molecule has 94 valence electrons. The monoisotopic (exact) mass is 300 g/mol. The van der Waals surface area contributed by atoms with Crippen LogP contribution in [0.1, 0.15) is 12.5 Å². The standard InChI is InChI=1S/C12H17BrN2O2/c1-9(15-12(17)14-6-7-16)8-10-4-2-3-5-11(10)13/h2-5,9,16H,6-8H2,1H3,(H2,14,15,17). The van der Waals surface area contributed by atoms with Gasteiger partial charge in [-0.3, -0.25) is 0 Å². The quantitative estimate of drug-likeness (QED) is 0.775. The lowest BCUT2D eigenvalue weighted by Crippen LogP contribution is -2.42. The summed E-state index contributed by atoms with van der Waals surface area (Å²) in [6, 6.07) is 7.71. The van der Waals surface area contributed by atoms with E-state index in [0.29, 0.717) is 0 Å². The van der Waals surface area contributed by atoms with E-state index < -0.39 is 0 Å². The first kappa shape index (κ1) is 14.0. The van der Waals surface area contributed by atoms with Crippen LogP contribution in [0.15, 0.2) is 28.7 Å². The van der Waals surface area contributed by atoms with Crippen LogP contribution < -0.4 is 10.6 Å². The van der Waals surface area contributed by atoms with Crippen LogP contribution in [0.3, 0.4) is 0 Å². The Bertz CT molecular complexity index is 371. The van der Waals surface area contributed by atoms with E-state index in [0.717, 1.165) is 16.5 Å². The Hall–Kier alpha value is -1.07. The molecule has 1 aromatic rings. The van der Waals surface area contributed by atoms with Crippen LogP contribution in [0.4, 0.5) is 4.79 Å². The fourth-order valence-electron chi connectivity index (χ4n) is 1.49. The van der Waals surface area contributed by atoms with Gasteiger partial charge in [-0.05, 0) is 25.0 Å². The molecule has 3 N–H and O–H groups in total. The zero-order valence-corrected chi connectivity index (χ0v) is 11.3. The number of rotatable bonds is 5. The first-order valence-corrected chi connectivity index (χ1v) is 6.31. The summed E-state index contributed by atoms with van der Waals surface area (Å²) >= 11 is 3.47. The Morgan fingerprint density at radius 1 is 1.47 bits per heavy atom. The van der Waals surface area contributed by atoms with Gasteiger partial charge < -0.3 is 15.7 Å². The van der Waals surface area contributed by atoms with Gasteiger partial charge in [-0.1, -0.05) is 34.1 Å². The van der Waals surface area contributed by atoms with Crippen LogP contribution in [-0.2, 0) is 6.42 Å². The van der Waals surface area contributed by atoms with Gasteiger partial charge in [-0.2, -0.15) is 0 Å². The maximum Gasteiger partial charge on any atom is 0.315 e. The molecule has 5 heteroatoms. The number of carbonyl (C=O) groups is 1. The summed E-state index contributed by atoms with van der Waals surface area (Å²) in [6.45, 7) is 2.16. The summed E-state index contributed by atoms with van der Waals surface area (Å²) in [6.07, 6.45) is 0.758. The van der Waals surface area contributed by atoms with E-state index in [9.17, 15) is 4.79 Å². The summed E-state index contributed by atoms with van der Waals surface area (Å²) in [5, 5.41) is 13.9. The Labute approximate surface area is 110 Å². The molecule has 4 nitrogen and oxygen atoms in total. The average Bonchev–Trinajstić information content (AvgIpc) is 2.29. The maximum absolute atomic E-state index is 11.3. The van der Waals surface area contributed by atoms with Crippen molar-refractivity contribution in [2.24, 2.45) is 0 Å². The van der Waals surface area contributed by atoms with Crippen molar-refractivity contribution in [2.45, 2.75) is 19.4 Å². The molecule has 1 aromatic carbocycles. The number of nitrogens with one attached hydrogen (secondary N) is 2. The lowest BCUT2D eigenvalue weighted by atomic mass is 10.1. The van der Waals surface area contributed by atoms with E-state index >= 15 is 0 Å². The highest BCUT2D eigenvalue weighted by Crippen LogP contribution is 2.17. The normalized spacial score (nSPS) is 11.9. The third-order valence-electron chi connectivity index (χ3n) is 2.26. The van der Waals surface area contributed by atoms with Crippen LogP contribution >= 0.6 is 15.9 Å². The summed E-state index contributed by atoms with van der Waals surface area (Å²) in [7, 11) is 0. The SMILES string of the molecule is CC(Cc1ccccc1Br)NC(=O)NCCO. The van der Waals surface area contributed by atoms with Crippen molar-refractivity contribution >= 4 is 22.0 Å². The van der Waals surface area contributed by atoms with E-state index in [-0.39, 0.29) is 25.2 Å². The van der Waals surface area contributed by atoms with Crippen molar-refractivity contribution < 1.29 is 9.90 Å². The fourth-order valence-corrected chi connectivity index (χ4v) is 1.94. The number of amides is 2. The number of benzene rings is 1. The van der Waals surface area contributed by atoms with Crippen LogP contribution in [0.5, 0.6) is 0 Å². The molecule has 0 aliphatic carbocycles. The summed E-state index contributed by atoms with van der Waals surface area (Å²) < 4.78 is 1.05. The first-order chi connectivity index (χ1) is 8.13. The molecule has 0 heterocycles. The maximum atomic E-state index is 11.3. The van der Waals surface area contributed by atoms with Crippen molar-refractivity contribution in [3.63, 3.8) is 0 Å². The zero-order chi connectivity index (χ0) is 12.7. The topological polar surface area (TPSA) is 61.4 Å². The molecule has 2 amide bonds. The number of carbonyl (C=O) groups excluding carboxylic acids is 1. The Morgan fingerprint density at radius 3 is 2.82 bits per heavy atom. The molecule has 0 aliphatic rings. The van der Waals surface area contributed by atoms with Crippen LogP contribution in [0.2, 0.25) is 0 Å². The van der Waals surface area contributed by atoms with Gasteiger partial charge >= 0.3 is 6.03 Å². The minimum atomic E-state index is -0.251. The predicted octanol–water partition coefficient (Wildman–Crippen LogP) is 1.67. The minimum absolute atomic E-state index is 0.0346. The molecule has 17 heavy (non-hydrogen) atoms. The average molecular weight is 301 g/mol. The van der Waals surface area contributed by atoms with Gasteiger partial charge in [0.2, 0.25) is 0 Å². The van der Waals surface area contributed by atoms with E-state index in [4.69, 9.17) is 5.11 Å². The van der Waals surface area contributed by atoms with E-state index in [1.807, 2.05) is 31.2 Å². The van der Waals surface area contributed by atoms with Gasteiger partial charge in [0.25, 0.3) is 0 Å². The van der Waals surface area contributed by atoms with Crippen molar-refractivity contribution in [2.75, 3.05) is 13.2 Å². The molecule has 0 saturated heterocycles. The Morgan fingerprint density at radius 2 is 2.18 bits per heavy atom. The molecule has 0 spiro atoms. The molecule has 0 aliphatic heterocycles. The Balaban J connectivity index is 2.42. The van der Waals surface area contributed by atoms with Crippen LogP contribution in [-0.4, -0.2) is 30.3 Å². The smallest absolute Gasteiger partial charge is 0.315 e. The summed E-state index contributed by atoms with van der Waals surface area (Å²) in [5.74, 6) is 0. The van der Waals surface area contributed by atoms with Gasteiger partial charge in [0.05, 0.1) is 6.61 Å². The number of aliphatic hydroxyl groups is 1. The van der Waals surface area contributed by atoms with Gasteiger partial charge in [0.15, 0.2) is 0 Å². The summed E-state index contributed by atoms with van der Waals surface area (Å²) in [4.78, 5) is 11.3. The predicted molar refractivity (Wildman–Crippen MR) is 70.9 cm³/mol. The molecule has 1 atom stereocenters. The second kappa shape index (κ2) is 7.29. The highest BCUT2D eigenvalue weighted by molar-refractivity contribution is 9.10. The second-order valence-electron chi connectivity index (χ2n) is 3.82. The lowest BCUT2D eigenvalue weighted by molar-refractivity contribution is 0.231. The third kappa shape index (κ3) is 5.19. The van der Waals surface area contributed by atoms with Gasteiger partial charge in [0.1, 0.15) is 0 Å². The Kier molecular flexibility index (Phi) is 6.00. The molecule has 0 bridgehead atoms. The molecule has 0 radical (unpaired) electrons. The highest BCUT2D eigenvalue weighted by Gasteiger charge is 2.08. The zero-order valence-electron chi connectivity index (χ0n) is 9.74. The molecule has 1 unspecified atom stereocenters. The van der Waals surface area contributed by atoms with Gasteiger partial charge in [0, 0.05) is 17.1 Å². The molecule has 1 rings (SSSR count). The molecule has 0 saturated carbocycles. The van der Waals surface area contributed by atoms with Crippen molar-refractivity contribution in [3.05, 3.63) is 34.3 Å². The van der Waals surface area contributed by atoms with Crippen molar-refractivity contribution in [3.8, 4) is 0 Å². The molecule has 0 aromatic heterocycles. The number of halogens is 1. The van der Waals surface area contributed by atoms with E-state index in [2.05, 4.69) is 26.6 Å². The number of urea groups is 1. The second-order valence-corrected chi connectivity index (χ2v) is 4.67. The first-order valence-electron chi connectivity index (χ1n) is 5.52.